The van der Waals surface area contributed by atoms with Gasteiger partial charge in [-0.05, 0) is 43.5 Å². The number of aryl methyl sites for hydroxylation is 1. The zero-order valence-electron chi connectivity index (χ0n) is 17.2. The molecule has 5 rings (SSSR count). The number of aromatic nitrogens is 1. The number of thiazole rings is 1. The van der Waals surface area contributed by atoms with Crippen LogP contribution in [0.5, 0.6) is 5.75 Å². The highest BCUT2D eigenvalue weighted by Gasteiger charge is 2.29. The number of anilines is 1. The molecule has 1 saturated heterocycles. The number of nitrogens with zero attached hydrogens (tertiary/aromatic N) is 2. The van der Waals surface area contributed by atoms with E-state index in [0.717, 1.165) is 34.0 Å². The molecule has 0 bridgehead atoms. The molecule has 1 aliphatic rings. The minimum absolute atomic E-state index is 0.0357. The molecule has 0 aliphatic carbocycles. The van der Waals surface area contributed by atoms with Crippen molar-refractivity contribution < 1.29 is 18.7 Å². The van der Waals surface area contributed by atoms with Gasteiger partial charge in [-0.3, -0.25) is 9.69 Å². The van der Waals surface area contributed by atoms with E-state index in [1.54, 1.807) is 18.1 Å². The van der Waals surface area contributed by atoms with Crippen molar-refractivity contribution in [3.63, 3.8) is 0 Å². The predicted molar refractivity (Wildman–Crippen MR) is 123 cm³/mol. The molecule has 0 N–H and O–H groups in total. The molecule has 31 heavy (non-hydrogen) atoms. The van der Waals surface area contributed by atoms with Gasteiger partial charge in [-0.25, -0.2) is 4.98 Å². The molecular weight excluding hydrogens is 436 g/mol. The van der Waals surface area contributed by atoms with Crippen molar-refractivity contribution in [3.05, 3.63) is 52.7 Å². The van der Waals surface area contributed by atoms with E-state index in [9.17, 15) is 4.79 Å². The summed E-state index contributed by atoms with van der Waals surface area (Å²) in [5.74, 6) is 0.561. The lowest BCUT2D eigenvalue weighted by Crippen LogP contribution is -2.37. The van der Waals surface area contributed by atoms with Crippen molar-refractivity contribution in [2.24, 2.45) is 0 Å². The van der Waals surface area contributed by atoms with Crippen LogP contribution < -0.4 is 9.64 Å². The Balaban J connectivity index is 1.58. The van der Waals surface area contributed by atoms with Crippen LogP contribution in [-0.2, 0) is 4.74 Å². The van der Waals surface area contributed by atoms with Crippen LogP contribution in [0.4, 0.5) is 5.13 Å². The van der Waals surface area contributed by atoms with E-state index in [2.05, 4.69) is 0 Å². The average molecular weight is 457 g/mol. The van der Waals surface area contributed by atoms with Crippen LogP contribution in [0.2, 0.25) is 5.02 Å². The van der Waals surface area contributed by atoms with Crippen LogP contribution in [0, 0.1) is 6.92 Å². The van der Waals surface area contributed by atoms with Crippen molar-refractivity contribution >= 4 is 55.2 Å². The maximum atomic E-state index is 13.6. The van der Waals surface area contributed by atoms with E-state index in [4.69, 9.17) is 30.5 Å². The quantitative estimate of drug-likeness (QED) is 0.377. The van der Waals surface area contributed by atoms with E-state index < -0.39 is 0 Å². The number of carbonyl (C=O) groups is 1. The zero-order valence-corrected chi connectivity index (χ0v) is 18.8. The number of rotatable bonds is 5. The van der Waals surface area contributed by atoms with E-state index in [0.29, 0.717) is 34.6 Å². The van der Waals surface area contributed by atoms with Crippen LogP contribution in [0.3, 0.4) is 0 Å². The van der Waals surface area contributed by atoms with Crippen molar-refractivity contribution in [3.8, 4) is 5.75 Å². The molecule has 160 valence electrons. The summed E-state index contributed by atoms with van der Waals surface area (Å²) in [7, 11) is 1.58. The van der Waals surface area contributed by atoms with Gasteiger partial charge in [0.1, 0.15) is 0 Å². The van der Waals surface area contributed by atoms with Crippen molar-refractivity contribution in [2.75, 3.05) is 25.2 Å². The van der Waals surface area contributed by atoms with Gasteiger partial charge in [0.05, 0.1) is 35.0 Å². The number of carbonyl (C=O) groups excluding carboxylic acids is 1. The first kappa shape index (κ1) is 20.3. The number of para-hydroxylation sites is 1. The van der Waals surface area contributed by atoms with Gasteiger partial charge in [0, 0.05) is 12.0 Å². The first-order valence-electron chi connectivity index (χ1n) is 10.1. The first-order chi connectivity index (χ1) is 15.0. The summed E-state index contributed by atoms with van der Waals surface area (Å²) >= 11 is 7.82. The topological polar surface area (TPSA) is 64.8 Å². The third kappa shape index (κ3) is 3.67. The maximum absolute atomic E-state index is 13.6. The predicted octanol–water partition coefficient (Wildman–Crippen LogP) is 5.84. The molecule has 1 unspecified atom stereocenters. The molecule has 4 aromatic rings. The Hall–Kier alpha value is -2.61. The molecule has 0 spiro atoms. The average Bonchev–Trinajstić information content (AvgIpc) is 3.52. The SMILES string of the molecule is COc1cccc2cc(C(=O)N(CC3CCCO3)c3nc4c(C)ccc(Cl)c4s3)oc12. The largest absolute Gasteiger partial charge is 0.493 e. The van der Waals surface area contributed by atoms with Crippen LogP contribution >= 0.6 is 22.9 Å². The van der Waals surface area contributed by atoms with E-state index >= 15 is 0 Å². The second-order valence-electron chi connectivity index (χ2n) is 7.58. The van der Waals surface area contributed by atoms with Gasteiger partial charge in [-0.1, -0.05) is 41.1 Å². The van der Waals surface area contributed by atoms with Gasteiger partial charge in [0.2, 0.25) is 0 Å². The molecule has 1 amide bonds. The summed E-state index contributed by atoms with van der Waals surface area (Å²) in [6.45, 7) is 3.10. The molecule has 1 fully saturated rings. The molecule has 6 nitrogen and oxygen atoms in total. The molecule has 1 aliphatic heterocycles. The number of hydrogen-bond donors (Lipinski definition) is 0. The third-order valence-corrected chi connectivity index (χ3v) is 7.05. The Morgan fingerprint density at radius 3 is 2.97 bits per heavy atom. The van der Waals surface area contributed by atoms with Crippen LogP contribution in [-0.4, -0.2) is 37.3 Å². The highest BCUT2D eigenvalue weighted by Crippen LogP contribution is 2.37. The normalized spacial score (nSPS) is 16.3. The van der Waals surface area contributed by atoms with Crippen LogP contribution in [0.15, 0.2) is 40.8 Å². The van der Waals surface area contributed by atoms with Crippen molar-refractivity contribution in [1.29, 1.82) is 0 Å². The van der Waals surface area contributed by atoms with Crippen molar-refractivity contribution in [2.45, 2.75) is 25.9 Å². The number of hydrogen-bond acceptors (Lipinski definition) is 6. The van der Waals surface area contributed by atoms with Gasteiger partial charge >= 0.3 is 0 Å². The van der Waals surface area contributed by atoms with Gasteiger partial charge in [-0.15, -0.1) is 0 Å². The molecular formula is C23H21ClN2O4S. The smallest absolute Gasteiger partial charge is 0.295 e. The van der Waals surface area contributed by atoms with E-state index in [1.165, 1.54) is 11.3 Å². The lowest BCUT2D eigenvalue weighted by atomic mass is 10.2. The number of halogens is 1. The van der Waals surface area contributed by atoms with Gasteiger partial charge in [-0.2, -0.15) is 0 Å². The summed E-state index contributed by atoms with van der Waals surface area (Å²) in [6.07, 6.45) is 1.85. The number of benzene rings is 2. The molecule has 2 aromatic carbocycles. The highest BCUT2D eigenvalue weighted by molar-refractivity contribution is 7.23. The number of amides is 1. The van der Waals surface area contributed by atoms with E-state index in [1.807, 2.05) is 37.3 Å². The monoisotopic (exact) mass is 456 g/mol. The first-order valence-corrected chi connectivity index (χ1v) is 11.3. The fourth-order valence-electron chi connectivity index (χ4n) is 3.88. The molecule has 2 aromatic heterocycles. The number of fused-ring (bicyclic) bond motifs is 2. The van der Waals surface area contributed by atoms with Gasteiger partial charge in [0.15, 0.2) is 22.2 Å². The fourth-order valence-corrected chi connectivity index (χ4v) is 5.21. The fraction of sp³-hybridized carbons (Fsp3) is 0.304. The maximum Gasteiger partial charge on any atom is 0.295 e. The lowest BCUT2D eigenvalue weighted by molar-refractivity contribution is 0.0896. The van der Waals surface area contributed by atoms with Gasteiger partial charge < -0.3 is 13.9 Å². The Kier molecular flexibility index (Phi) is 5.33. The Bertz CT molecular complexity index is 1240. The van der Waals surface area contributed by atoms with Crippen molar-refractivity contribution in [1.82, 2.24) is 4.98 Å². The Labute approximate surface area is 188 Å². The van der Waals surface area contributed by atoms with Crippen LogP contribution in [0.25, 0.3) is 21.2 Å². The van der Waals surface area contributed by atoms with Gasteiger partial charge in [0.25, 0.3) is 5.91 Å². The number of methoxy groups -OCH3 is 1. The highest BCUT2D eigenvalue weighted by atomic mass is 35.5. The minimum Gasteiger partial charge on any atom is -0.493 e. The summed E-state index contributed by atoms with van der Waals surface area (Å²) < 4.78 is 18.0. The summed E-state index contributed by atoms with van der Waals surface area (Å²) in [5, 5.41) is 2.02. The summed E-state index contributed by atoms with van der Waals surface area (Å²) in [4.78, 5) is 20.0. The Morgan fingerprint density at radius 2 is 2.23 bits per heavy atom. The summed E-state index contributed by atoms with van der Waals surface area (Å²) in [5.41, 5.74) is 2.37. The number of furan rings is 1. The van der Waals surface area contributed by atoms with Crippen LogP contribution in [0.1, 0.15) is 29.0 Å². The van der Waals surface area contributed by atoms with E-state index in [-0.39, 0.29) is 17.8 Å². The standard InChI is InChI=1S/C23H21ClN2O4S/c1-13-8-9-16(24)21-19(13)25-23(31-21)26(12-15-6-4-10-29-15)22(27)18-11-14-5-3-7-17(28-2)20(14)30-18/h3,5,7-9,11,15H,4,6,10,12H2,1-2H3. The molecule has 3 heterocycles. The molecule has 8 heteroatoms. The minimum atomic E-state index is -0.262. The third-order valence-electron chi connectivity index (χ3n) is 5.51. The lowest BCUT2D eigenvalue weighted by Gasteiger charge is -2.22. The Morgan fingerprint density at radius 1 is 1.35 bits per heavy atom. The molecule has 0 saturated carbocycles. The molecule has 0 radical (unpaired) electrons. The zero-order chi connectivity index (χ0) is 21.5. The second-order valence-corrected chi connectivity index (χ2v) is 8.96. The second kappa shape index (κ2) is 8.15. The summed E-state index contributed by atoms with van der Waals surface area (Å²) in [6, 6.07) is 11.1. The molecule has 1 atom stereocenters. The number of ether oxygens (including phenoxy) is 2.